The number of piperidine rings is 1. The van der Waals surface area contributed by atoms with Crippen LogP contribution in [0.2, 0.25) is 5.02 Å². The lowest BCUT2D eigenvalue weighted by atomic mass is 9.80. The average molecular weight is 238 g/mol. The van der Waals surface area contributed by atoms with Gasteiger partial charge >= 0.3 is 0 Å². The van der Waals surface area contributed by atoms with E-state index < -0.39 is 0 Å². The normalized spacial score (nSPS) is 23.0. The van der Waals surface area contributed by atoms with Crippen LogP contribution in [0.5, 0.6) is 0 Å². The molecule has 1 aliphatic heterocycles. The summed E-state index contributed by atoms with van der Waals surface area (Å²) in [5.74, 6) is 1.36. The second-order valence-electron chi connectivity index (χ2n) is 4.64. The minimum Gasteiger partial charge on any atom is -0.316 e. The van der Waals surface area contributed by atoms with E-state index in [4.69, 9.17) is 11.6 Å². The van der Waals surface area contributed by atoms with Gasteiger partial charge in [0.05, 0.1) is 0 Å². The summed E-state index contributed by atoms with van der Waals surface area (Å²) < 4.78 is 0. The van der Waals surface area contributed by atoms with Crippen LogP contribution in [0.1, 0.15) is 37.7 Å². The van der Waals surface area contributed by atoms with Crippen molar-refractivity contribution in [1.29, 1.82) is 0 Å². The van der Waals surface area contributed by atoms with Gasteiger partial charge in [0, 0.05) is 5.02 Å². The summed E-state index contributed by atoms with van der Waals surface area (Å²) in [5.41, 5.74) is 1.33. The minimum absolute atomic E-state index is 0.612. The first-order chi connectivity index (χ1) is 7.83. The molecule has 0 saturated carbocycles. The monoisotopic (exact) mass is 237 g/mol. The van der Waals surface area contributed by atoms with E-state index >= 15 is 0 Å². The van der Waals surface area contributed by atoms with Crippen LogP contribution in [0.25, 0.3) is 0 Å². The average Bonchev–Trinajstić information content (AvgIpc) is 2.34. The quantitative estimate of drug-likeness (QED) is 0.843. The highest BCUT2D eigenvalue weighted by molar-refractivity contribution is 6.31. The maximum absolute atomic E-state index is 6.30. The van der Waals surface area contributed by atoms with Gasteiger partial charge in [-0.1, -0.05) is 36.7 Å². The van der Waals surface area contributed by atoms with E-state index in [0.717, 1.165) is 17.5 Å². The minimum atomic E-state index is 0.612. The zero-order valence-electron chi connectivity index (χ0n) is 9.88. The number of halogens is 1. The van der Waals surface area contributed by atoms with Gasteiger partial charge in [-0.25, -0.2) is 0 Å². The van der Waals surface area contributed by atoms with E-state index in [1.807, 2.05) is 12.1 Å². The van der Waals surface area contributed by atoms with Crippen molar-refractivity contribution in [1.82, 2.24) is 5.32 Å². The van der Waals surface area contributed by atoms with E-state index in [2.05, 4.69) is 24.4 Å². The molecule has 0 aliphatic carbocycles. The number of rotatable bonds is 3. The summed E-state index contributed by atoms with van der Waals surface area (Å²) in [4.78, 5) is 0. The lowest BCUT2D eigenvalue weighted by Gasteiger charge is -2.31. The molecule has 2 heteroatoms. The van der Waals surface area contributed by atoms with Crippen LogP contribution in [0.15, 0.2) is 24.3 Å². The van der Waals surface area contributed by atoms with Gasteiger partial charge in [0.1, 0.15) is 0 Å². The van der Waals surface area contributed by atoms with Crippen LogP contribution in [-0.2, 0) is 0 Å². The molecule has 0 radical (unpaired) electrons. The van der Waals surface area contributed by atoms with Gasteiger partial charge in [-0.05, 0) is 55.8 Å². The van der Waals surface area contributed by atoms with Crippen molar-refractivity contribution in [3.63, 3.8) is 0 Å². The molecule has 1 heterocycles. The smallest absolute Gasteiger partial charge is 0.0440 e. The van der Waals surface area contributed by atoms with Crippen LogP contribution < -0.4 is 5.32 Å². The number of nitrogens with one attached hydrogen (secondary N) is 1. The van der Waals surface area contributed by atoms with Crippen molar-refractivity contribution in [3.05, 3.63) is 34.9 Å². The Morgan fingerprint density at radius 2 is 2.25 bits per heavy atom. The predicted octanol–water partition coefficient (Wildman–Crippen LogP) is 3.83. The molecule has 2 atom stereocenters. The van der Waals surface area contributed by atoms with E-state index in [0.29, 0.717) is 5.92 Å². The molecule has 2 rings (SSSR count). The molecule has 1 saturated heterocycles. The topological polar surface area (TPSA) is 12.0 Å². The fourth-order valence-electron chi connectivity index (χ4n) is 2.81. The summed E-state index contributed by atoms with van der Waals surface area (Å²) in [6, 6.07) is 8.30. The Morgan fingerprint density at radius 1 is 1.44 bits per heavy atom. The maximum Gasteiger partial charge on any atom is 0.0440 e. The van der Waals surface area contributed by atoms with Crippen LogP contribution >= 0.6 is 11.6 Å². The lowest BCUT2D eigenvalue weighted by molar-refractivity contribution is 0.316. The Hall–Kier alpha value is -0.530. The SMILES string of the molecule is CCC(c1ccccc1Cl)C1CCCNC1. The predicted molar refractivity (Wildman–Crippen MR) is 70.1 cm³/mol. The second kappa shape index (κ2) is 5.70. The Bertz CT molecular complexity index is 331. The Kier molecular flexibility index (Phi) is 4.25. The Balaban J connectivity index is 2.18. The third kappa shape index (κ3) is 2.58. The number of hydrogen-bond donors (Lipinski definition) is 1. The highest BCUT2D eigenvalue weighted by Crippen LogP contribution is 2.35. The summed E-state index contributed by atoms with van der Waals surface area (Å²) in [6.45, 7) is 4.59. The first kappa shape index (κ1) is 11.9. The molecule has 0 bridgehead atoms. The van der Waals surface area contributed by atoms with E-state index in [1.54, 1.807) is 0 Å². The van der Waals surface area contributed by atoms with Crippen LogP contribution in [0.3, 0.4) is 0 Å². The lowest BCUT2D eigenvalue weighted by Crippen LogP contribution is -2.33. The molecular formula is C14H20ClN. The van der Waals surface area contributed by atoms with Gasteiger partial charge in [0.15, 0.2) is 0 Å². The van der Waals surface area contributed by atoms with Crippen molar-refractivity contribution in [2.75, 3.05) is 13.1 Å². The highest BCUT2D eigenvalue weighted by atomic mass is 35.5. The van der Waals surface area contributed by atoms with Crippen LogP contribution in [-0.4, -0.2) is 13.1 Å². The highest BCUT2D eigenvalue weighted by Gasteiger charge is 2.24. The van der Waals surface area contributed by atoms with Crippen molar-refractivity contribution >= 4 is 11.6 Å². The molecule has 1 nitrogen and oxygen atoms in total. The van der Waals surface area contributed by atoms with Gasteiger partial charge in [0.2, 0.25) is 0 Å². The number of hydrogen-bond acceptors (Lipinski definition) is 1. The molecule has 16 heavy (non-hydrogen) atoms. The largest absolute Gasteiger partial charge is 0.316 e. The summed E-state index contributed by atoms with van der Waals surface area (Å²) in [5, 5.41) is 4.43. The molecule has 1 aliphatic rings. The zero-order valence-corrected chi connectivity index (χ0v) is 10.6. The van der Waals surface area contributed by atoms with Gasteiger partial charge < -0.3 is 5.32 Å². The molecule has 1 N–H and O–H groups in total. The maximum atomic E-state index is 6.30. The zero-order chi connectivity index (χ0) is 11.4. The van der Waals surface area contributed by atoms with Crippen LogP contribution in [0.4, 0.5) is 0 Å². The fourth-order valence-corrected chi connectivity index (χ4v) is 3.08. The van der Waals surface area contributed by atoms with E-state index in [-0.39, 0.29) is 0 Å². The van der Waals surface area contributed by atoms with Crippen molar-refractivity contribution in [2.24, 2.45) is 5.92 Å². The molecule has 2 unspecified atom stereocenters. The van der Waals surface area contributed by atoms with Gasteiger partial charge in [0.25, 0.3) is 0 Å². The summed E-state index contributed by atoms with van der Waals surface area (Å²) >= 11 is 6.30. The third-order valence-electron chi connectivity index (χ3n) is 3.65. The number of benzene rings is 1. The van der Waals surface area contributed by atoms with Gasteiger partial charge in [-0.2, -0.15) is 0 Å². The molecule has 1 fully saturated rings. The van der Waals surface area contributed by atoms with Crippen LogP contribution in [0, 0.1) is 5.92 Å². The molecule has 0 aromatic heterocycles. The molecular weight excluding hydrogens is 218 g/mol. The molecule has 0 amide bonds. The summed E-state index contributed by atoms with van der Waals surface area (Å²) in [6.07, 6.45) is 3.80. The summed E-state index contributed by atoms with van der Waals surface area (Å²) in [7, 11) is 0. The van der Waals surface area contributed by atoms with E-state index in [1.165, 1.54) is 31.4 Å². The van der Waals surface area contributed by atoms with Gasteiger partial charge in [-0.15, -0.1) is 0 Å². The fraction of sp³-hybridized carbons (Fsp3) is 0.571. The Morgan fingerprint density at radius 3 is 2.88 bits per heavy atom. The Labute approximate surface area is 103 Å². The molecule has 88 valence electrons. The first-order valence-corrected chi connectivity index (χ1v) is 6.66. The van der Waals surface area contributed by atoms with Crippen molar-refractivity contribution < 1.29 is 0 Å². The van der Waals surface area contributed by atoms with Crippen molar-refractivity contribution in [3.8, 4) is 0 Å². The second-order valence-corrected chi connectivity index (χ2v) is 5.05. The van der Waals surface area contributed by atoms with Crippen molar-refractivity contribution in [2.45, 2.75) is 32.1 Å². The molecule has 0 spiro atoms. The van der Waals surface area contributed by atoms with Gasteiger partial charge in [-0.3, -0.25) is 0 Å². The standard InChI is InChI=1S/C14H20ClN/c1-2-12(11-6-5-9-16-10-11)13-7-3-4-8-14(13)15/h3-4,7-8,11-12,16H,2,5-6,9-10H2,1H3. The third-order valence-corrected chi connectivity index (χ3v) is 3.99. The van der Waals surface area contributed by atoms with E-state index in [9.17, 15) is 0 Å². The first-order valence-electron chi connectivity index (χ1n) is 6.28. The molecule has 1 aromatic rings. The molecule has 1 aromatic carbocycles.